The van der Waals surface area contributed by atoms with E-state index in [1.165, 1.54) is 0 Å². The summed E-state index contributed by atoms with van der Waals surface area (Å²) in [5.41, 5.74) is 2.07. The summed E-state index contributed by atoms with van der Waals surface area (Å²) in [6.07, 6.45) is 3.60. The summed E-state index contributed by atoms with van der Waals surface area (Å²) >= 11 is 3.48. The summed E-state index contributed by atoms with van der Waals surface area (Å²) in [5.74, 6) is 0. The van der Waals surface area contributed by atoms with Gasteiger partial charge in [-0.15, -0.1) is 0 Å². The number of nitrogens with zero attached hydrogens (tertiary/aromatic N) is 3. The van der Waals surface area contributed by atoms with E-state index in [9.17, 15) is 5.11 Å². The standard InChI is InChI=1S/C14H20BrN3O/c1-10(2)17(7-11(3)19)9-13-6-16-14-5-4-12(15)8-18(13)14/h4-6,8,10-11,19H,7,9H2,1-3H3. The Kier molecular flexibility index (Phi) is 4.60. The lowest BCUT2D eigenvalue weighted by Crippen LogP contribution is -2.36. The monoisotopic (exact) mass is 325 g/mol. The van der Waals surface area contributed by atoms with Crippen LogP contribution in [-0.4, -0.2) is 38.1 Å². The molecular formula is C14H20BrN3O. The second-order valence-corrected chi connectivity index (χ2v) is 6.11. The number of hydrogen-bond donors (Lipinski definition) is 1. The van der Waals surface area contributed by atoms with Gasteiger partial charge in [-0.1, -0.05) is 0 Å². The van der Waals surface area contributed by atoms with Gasteiger partial charge < -0.3 is 9.51 Å². The maximum atomic E-state index is 9.59. The van der Waals surface area contributed by atoms with Crippen LogP contribution in [0.15, 0.2) is 29.0 Å². The summed E-state index contributed by atoms with van der Waals surface area (Å²) in [6, 6.07) is 4.36. The normalized spacial score (nSPS) is 13.6. The minimum atomic E-state index is -0.326. The summed E-state index contributed by atoms with van der Waals surface area (Å²) in [7, 11) is 0. The fraction of sp³-hybridized carbons (Fsp3) is 0.500. The lowest BCUT2D eigenvalue weighted by molar-refractivity contribution is 0.102. The van der Waals surface area contributed by atoms with Crippen molar-refractivity contribution in [1.29, 1.82) is 0 Å². The fourth-order valence-electron chi connectivity index (χ4n) is 2.13. The Hall–Kier alpha value is -0.910. The molecule has 0 fully saturated rings. The molecule has 0 radical (unpaired) electrons. The third kappa shape index (κ3) is 3.55. The number of hydrogen-bond acceptors (Lipinski definition) is 3. The van der Waals surface area contributed by atoms with Crippen LogP contribution in [0.3, 0.4) is 0 Å². The van der Waals surface area contributed by atoms with Crippen LogP contribution in [0.2, 0.25) is 0 Å². The second-order valence-electron chi connectivity index (χ2n) is 5.20. The largest absolute Gasteiger partial charge is 0.392 e. The minimum Gasteiger partial charge on any atom is -0.392 e. The zero-order chi connectivity index (χ0) is 14.0. The number of imidazole rings is 1. The summed E-state index contributed by atoms with van der Waals surface area (Å²) in [5, 5.41) is 9.59. The average Bonchev–Trinajstić information content (AvgIpc) is 2.70. The summed E-state index contributed by atoms with van der Waals surface area (Å²) in [4.78, 5) is 6.65. The van der Waals surface area contributed by atoms with Crippen molar-refractivity contribution < 1.29 is 5.11 Å². The molecule has 2 aromatic heterocycles. The van der Waals surface area contributed by atoms with E-state index in [1.54, 1.807) is 0 Å². The van der Waals surface area contributed by atoms with Crippen LogP contribution in [0, 0.1) is 0 Å². The Morgan fingerprint density at radius 1 is 1.37 bits per heavy atom. The fourth-order valence-corrected chi connectivity index (χ4v) is 2.46. The predicted molar refractivity (Wildman–Crippen MR) is 80.1 cm³/mol. The highest BCUT2D eigenvalue weighted by Gasteiger charge is 2.15. The molecule has 0 saturated heterocycles. The first-order valence-corrected chi connectivity index (χ1v) is 7.30. The van der Waals surface area contributed by atoms with Gasteiger partial charge in [0.25, 0.3) is 0 Å². The number of rotatable bonds is 5. The summed E-state index contributed by atoms with van der Waals surface area (Å²) in [6.45, 7) is 7.54. The molecule has 4 nitrogen and oxygen atoms in total. The van der Waals surface area contributed by atoms with Gasteiger partial charge in [-0.05, 0) is 48.8 Å². The molecule has 0 spiro atoms. The molecule has 2 aromatic rings. The van der Waals surface area contributed by atoms with Gasteiger partial charge in [0.05, 0.1) is 18.0 Å². The molecule has 1 N–H and O–H groups in total. The van der Waals surface area contributed by atoms with E-state index in [4.69, 9.17) is 0 Å². The first-order chi connectivity index (χ1) is 8.97. The van der Waals surface area contributed by atoms with Crippen LogP contribution in [0.1, 0.15) is 26.5 Å². The third-order valence-electron chi connectivity index (χ3n) is 3.14. The highest BCUT2D eigenvalue weighted by Crippen LogP contribution is 2.16. The Bertz CT molecular complexity index is 551. The Balaban J connectivity index is 2.26. The van der Waals surface area contributed by atoms with Crippen molar-refractivity contribution in [3.8, 4) is 0 Å². The number of pyridine rings is 1. The van der Waals surface area contributed by atoms with E-state index in [0.717, 1.165) is 22.4 Å². The van der Waals surface area contributed by atoms with Crippen molar-refractivity contribution in [2.24, 2.45) is 0 Å². The minimum absolute atomic E-state index is 0.326. The maximum absolute atomic E-state index is 9.59. The van der Waals surface area contributed by atoms with E-state index in [2.05, 4.69) is 44.1 Å². The van der Waals surface area contributed by atoms with Crippen LogP contribution in [-0.2, 0) is 6.54 Å². The van der Waals surface area contributed by atoms with Crippen molar-refractivity contribution in [1.82, 2.24) is 14.3 Å². The van der Waals surface area contributed by atoms with Crippen LogP contribution in [0.25, 0.3) is 5.65 Å². The molecule has 1 atom stereocenters. The SMILES string of the molecule is CC(O)CN(Cc1cnc2ccc(Br)cn12)C(C)C. The number of aromatic nitrogens is 2. The van der Waals surface area contributed by atoms with Crippen LogP contribution in [0.4, 0.5) is 0 Å². The molecular weight excluding hydrogens is 306 g/mol. The molecule has 5 heteroatoms. The zero-order valence-corrected chi connectivity index (χ0v) is 13.1. The van der Waals surface area contributed by atoms with E-state index in [1.807, 2.05) is 31.5 Å². The lowest BCUT2D eigenvalue weighted by Gasteiger charge is -2.27. The van der Waals surface area contributed by atoms with Crippen molar-refractivity contribution in [2.75, 3.05) is 6.54 Å². The average molecular weight is 326 g/mol. The van der Waals surface area contributed by atoms with E-state index in [0.29, 0.717) is 12.6 Å². The number of halogens is 1. The summed E-state index contributed by atoms with van der Waals surface area (Å²) < 4.78 is 3.12. The van der Waals surface area contributed by atoms with Gasteiger partial charge in [-0.25, -0.2) is 4.98 Å². The molecule has 0 bridgehead atoms. The Morgan fingerprint density at radius 3 is 2.74 bits per heavy atom. The van der Waals surface area contributed by atoms with Gasteiger partial charge in [0.2, 0.25) is 0 Å². The van der Waals surface area contributed by atoms with Crippen LogP contribution < -0.4 is 0 Å². The predicted octanol–water partition coefficient (Wildman–Crippen LogP) is 2.69. The lowest BCUT2D eigenvalue weighted by atomic mass is 10.2. The van der Waals surface area contributed by atoms with Gasteiger partial charge >= 0.3 is 0 Å². The Labute approximate surface area is 122 Å². The quantitative estimate of drug-likeness (QED) is 0.918. The van der Waals surface area contributed by atoms with Gasteiger partial charge in [-0.3, -0.25) is 4.90 Å². The molecule has 0 aliphatic rings. The molecule has 104 valence electrons. The first kappa shape index (κ1) is 14.5. The first-order valence-electron chi connectivity index (χ1n) is 6.51. The smallest absolute Gasteiger partial charge is 0.136 e. The highest BCUT2D eigenvalue weighted by atomic mass is 79.9. The topological polar surface area (TPSA) is 40.8 Å². The number of aliphatic hydroxyl groups is 1. The van der Waals surface area contributed by atoms with Gasteiger partial charge in [0.15, 0.2) is 0 Å². The molecule has 0 aromatic carbocycles. The third-order valence-corrected chi connectivity index (χ3v) is 3.61. The maximum Gasteiger partial charge on any atom is 0.136 e. The molecule has 19 heavy (non-hydrogen) atoms. The van der Waals surface area contributed by atoms with Gasteiger partial charge in [-0.2, -0.15) is 0 Å². The molecule has 2 heterocycles. The molecule has 0 amide bonds. The molecule has 0 saturated carbocycles. The van der Waals surface area contributed by atoms with Crippen molar-refractivity contribution in [3.63, 3.8) is 0 Å². The van der Waals surface area contributed by atoms with Crippen LogP contribution in [0.5, 0.6) is 0 Å². The second kappa shape index (κ2) is 6.03. The van der Waals surface area contributed by atoms with Gasteiger partial charge in [0, 0.05) is 29.8 Å². The highest BCUT2D eigenvalue weighted by molar-refractivity contribution is 9.10. The van der Waals surface area contributed by atoms with Crippen molar-refractivity contribution in [3.05, 3.63) is 34.7 Å². The molecule has 2 rings (SSSR count). The number of fused-ring (bicyclic) bond motifs is 1. The number of aliphatic hydroxyl groups excluding tert-OH is 1. The Morgan fingerprint density at radius 2 is 2.11 bits per heavy atom. The molecule has 1 unspecified atom stereocenters. The zero-order valence-electron chi connectivity index (χ0n) is 11.5. The molecule has 0 aliphatic carbocycles. The van der Waals surface area contributed by atoms with E-state index >= 15 is 0 Å². The van der Waals surface area contributed by atoms with Crippen LogP contribution >= 0.6 is 15.9 Å². The van der Waals surface area contributed by atoms with E-state index < -0.39 is 0 Å². The van der Waals surface area contributed by atoms with Gasteiger partial charge in [0.1, 0.15) is 5.65 Å². The molecule has 0 aliphatic heterocycles. The van der Waals surface area contributed by atoms with E-state index in [-0.39, 0.29) is 6.10 Å². The van der Waals surface area contributed by atoms with Crippen molar-refractivity contribution >= 4 is 21.6 Å². The van der Waals surface area contributed by atoms with Crippen molar-refractivity contribution in [2.45, 2.75) is 39.5 Å².